The third-order valence-electron chi connectivity index (χ3n) is 5.93. The molecule has 1 aromatic carbocycles. The Morgan fingerprint density at radius 2 is 1.83 bits per heavy atom. The van der Waals surface area contributed by atoms with Crippen LogP contribution in [0, 0.1) is 0 Å². The highest BCUT2D eigenvalue weighted by molar-refractivity contribution is 7.89. The standard InChI is InChI=1S/C24H30N8O3S/c1-31-12-14-32(15-13-31)11-3-10-28-36(34,35)20-7-5-18(6-8-20)21-17-27-23(25)22(30-21)24(33)29-19-4-2-9-26-16-19/h2,4-9,16-17,28H,3,10-15H2,1H3,(H2,25,27)(H,29,33). The maximum atomic E-state index is 12.7. The second-order valence-electron chi connectivity index (χ2n) is 8.61. The van der Waals surface area contributed by atoms with Gasteiger partial charge in [0, 0.05) is 44.5 Å². The van der Waals surface area contributed by atoms with Crippen molar-refractivity contribution < 1.29 is 13.2 Å². The Balaban J connectivity index is 1.37. The largest absolute Gasteiger partial charge is 0.382 e. The van der Waals surface area contributed by atoms with E-state index in [1.165, 1.54) is 24.5 Å². The van der Waals surface area contributed by atoms with Gasteiger partial charge in [0.1, 0.15) is 0 Å². The van der Waals surface area contributed by atoms with E-state index >= 15 is 0 Å². The van der Waals surface area contributed by atoms with E-state index in [0.29, 0.717) is 23.5 Å². The molecule has 190 valence electrons. The lowest BCUT2D eigenvalue weighted by Crippen LogP contribution is -2.45. The van der Waals surface area contributed by atoms with Gasteiger partial charge in [-0.25, -0.2) is 23.1 Å². The minimum atomic E-state index is -3.64. The van der Waals surface area contributed by atoms with E-state index in [0.717, 1.165) is 39.1 Å². The second-order valence-corrected chi connectivity index (χ2v) is 10.4. The van der Waals surface area contributed by atoms with Gasteiger partial charge in [0.05, 0.1) is 28.7 Å². The minimum absolute atomic E-state index is 0.0138. The van der Waals surface area contributed by atoms with E-state index in [1.807, 2.05) is 0 Å². The van der Waals surface area contributed by atoms with Gasteiger partial charge in [-0.1, -0.05) is 12.1 Å². The molecule has 0 aliphatic carbocycles. The molecule has 0 bridgehead atoms. The van der Waals surface area contributed by atoms with Crippen LogP contribution in [0.25, 0.3) is 11.3 Å². The van der Waals surface area contributed by atoms with Gasteiger partial charge in [0.15, 0.2) is 11.5 Å². The van der Waals surface area contributed by atoms with Crippen molar-refractivity contribution in [3.8, 4) is 11.3 Å². The molecule has 0 radical (unpaired) electrons. The highest BCUT2D eigenvalue weighted by atomic mass is 32.2. The van der Waals surface area contributed by atoms with Crippen LogP contribution in [0.1, 0.15) is 16.9 Å². The van der Waals surface area contributed by atoms with Gasteiger partial charge in [-0.2, -0.15) is 0 Å². The Labute approximate surface area is 210 Å². The molecule has 11 nitrogen and oxygen atoms in total. The third-order valence-corrected chi connectivity index (χ3v) is 7.41. The molecule has 4 N–H and O–H groups in total. The Hall–Kier alpha value is -3.45. The molecule has 36 heavy (non-hydrogen) atoms. The number of hydrogen-bond donors (Lipinski definition) is 3. The molecule has 1 fully saturated rings. The predicted molar refractivity (Wildman–Crippen MR) is 138 cm³/mol. The number of nitrogen functional groups attached to an aromatic ring is 1. The van der Waals surface area contributed by atoms with Gasteiger partial charge in [-0.15, -0.1) is 0 Å². The topological polar surface area (TPSA) is 146 Å². The van der Waals surface area contributed by atoms with Crippen LogP contribution in [0.2, 0.25) is 0 Å². The van der Waals surface area contributed by atoms with Crippen molar-refractivity contribution in [2.75, 3.05) is 57.4 Å². The number of piperazine rings is 1. The van der Waals surface area contributed by atoms with Crippen LogP contribution in [-0.2, 0) is 10.0 Å². The number of carbonyl (C=O) groups is 1. The van der Waals surface area contributed by atoms with Gasteiger partial charge in [0.2, 0.25) is 10.0 Å². The third kappa shape index (κ3) is 6.61. The first-order valence-electron chi connectivity index (χ1n) is 11.7. The summed E-state index contributed by atoms with van der Waals surface area (Å²) in [4.78, 5) is 29.8. The number of sulfonamides is 1. The fraction of sp³-hybridized carbons (Fsp3) is 0.333. The van der Waals surface area contributed by atoms with E-state index in [9.17, 15) is 13.2 Å². The van der Waals surface area contributed by atoms with Crippen molar-refractivity contribution in [2.45, 2.75) is 11.3 Å². The van der Waals surface area contributed by atoms with Crippen LogP contribution < -0.4 is 15.8 Å². The summed E-state index contributed by atoms with van der Waals surface area (Å²) in [6.07, 6.45) is 5.28. The zero-order chi connectivity index (χ0) is 25.5. The van der Waals surface area contributed by atoms with E-state index in [-0.39, 0.29) is 16.4 Å². The molecule has 12 heteroatoms. The van der Waals surface area contributed by atoms with Gasteiger partial charge in [-0.3, -0.25) is 9.78 Å². The molecular formula is C24H30N8O3S. The SMILES string of the molecule is CN1CCN(CCCNS(=O)(=O)c2ccc(-c3cnc(N)c(C(=O)Nc4cccnc4)n3)cc2)CC1. The second kappa shape index (κ2) is 11.5. The first kappa shape index (κ1) is 25.6. The summed E-state index contributed by atoms with van der Waals surface area (Å²) in [5.41, 5.74) is 7.34. The number of rotatable bonds is 9. The van der Waals surface area contributed by atoms with Gasteiger partial charge < -0.3 is 20.9 Å². The lowest BCUT2D eigenvalue weighted by Gasteiger charge is -2.32. The van der Waals surface area contributed by atoms with Crippen molar-refractivity contribution in [1.82, 2.24) is 29.5 Å². The molecule has 1 aliphatic rings. The average molecular weight is 511 g/mol. The highest BCUT2D eigenvalue weighted by Gasteiger charge is 2.18. The molecule has 1 amide bonds. The molecule has 1 saturated heterocycles. The number of nitrogens with zero attached hydrogens (tertiary/aromatic N) is 5. The molecule has 3 aromatic rings. The number of nitrogens with two attached hydrogens (primary N) is 1. The first-order chi connectivity index (χ1) is 17.3. The number of pyridine rings is 1. The molecule has 2 aromatic heterocycles. The summed E-state index contributed by atoms with van der Waals surface area (Å²) in [7, 11) is -1.53. The molecule has 0 unspecified atom stereocenters. The molecule has 0 spiro atoms. The van der Waals surface area contributed by atoms with Crippen LogP contribution in [0.15, 0.2) is 59.9 Å². The average Bonchev–Trinajstić information content (AvgIpc) is 2.88. The zero-order valence-corrected chi connectivity index (χ0v) is 20.9. The number of nitrogens with one attached hydrogen (secondary N) is 2. The number of anilines is 2. The number of carbonyl (C=O) groups excluding carboxylic acids is 1. The van der Waals surface area contributed by atoms with E-state index < -0.39 is 15.9 Å². The van der Waals surface area contributed by atoms with Gasteiger partial charge >= 0.3 is 0 Å². The Morgan fingerprint density at radius 3 is 2.53 bits per heavy atom. The normalized spacial score (nSPS) is 15.0. The summed E-state index contributed by atoms with van der Waals surface area (Å²) in [6.45, 7) is 5.31. The van der Waals surface area contributed by atoms with Crippen molar-refractivity contribution in [3.63, 3.8) is 0 Å². The van der Waals surface area contributed by atoms with E-state index in [2.05, 4.69) is 41.8 Å². The zero-order valence-electron chi connectivity index (χ0n) is 20.1. The summed E-state index contributed by atoms with van der Waals surface area (Å²) in [5.74, 6) is -0.532. The molecule has 0 atom stereocenters. The highest BCUT2D eigenvalue weighted by Crippen LogP contribution is 2.21. The summed E-state index contributed by atoms with van der Waals surface area (Å²) < 4.78 is 28.1. The molecule has 0 saturated carbocycles. The number of benzene rings is 1. The molecule has 4 rings (SSSR count). The quantitative estimate of drug-likeness (QED) is 0.362. The Morgan fingerprint density at radius 1 is 1.08 bits per heavy atom. The monoisotopic (exact) mass is 510 g/mol. The van der Waals surface area contributed by atoms with Crippen LogP contribution >= 0.6 is 0 Å². The van der Waals surface area contributed by atoms with Crippen molar-refractivity contribution in [1.29, 1.82) is 0 Å². The maximum absolute atomic E-state index is 12.7. The fourth-order valence-corrected chi connectivity index (χ4v) is 4.87. The predicted octanol–water partition coefficient (Wildman–Crippen LogP) is 1.29. The Bertz CT molecular complexity index is 1280. The summed E-state index contributed by atoms with van der Waals surface area (Å²) >= 11 is 0. The number of likely N-dealkylation sites (N-methyl/N-ethyl adjacent to an activating group) is 1. The van der Waals surface area contributed by atoms with Crippen molar-refractivity contribution in [3.05, 3.63) is 60.7 Å². The van der Waals surface area contributed by atoms with Crippen molar-refractivity contribution >= 4 is 27.4 Å². The lowest BCUT2D eigenvalue weighted by molar-refractivity contribution is 0.102. The van der Waals surface area contributed by atoms with Gasteiger partial charge in [0.25, 0.3) is 5.91 Å². The summed E-state index contributed by atoms with van der Waals surface area (Å²) in [5, 5.41) is 2.68. The maximum Gasteiger partial charge on any atom is 0.278 e. The molecule has 3 heterocycles. The number of aromatic nitrogens is 3. The molecular weight excluding hydrogens is 480 g/mol. The first-order valence-corrected chi connectivity index (χ1v) is 13.1. The Kier molecular flexibility index (Phi) is 8.21. The van der Waals surface area contributed by atoms with Crippen LogP contribution in [0.3, 0.4) is 0 Å². The van der Waals surface area contributed by atoms with E-state index in [1.54, 1.807) is 30.5 Å². The number of hydrogen-bond acceptors (Lipinski definition) is 9. The van der Waals surface area contributed by atoms with Gasteiger partial charge in [-0.05, 0) is 44.3 Å². The van der Waals surface area contributed by atoms with Crippen molar-refractivity contribution in [2.24, 2.45) is 0 Å². The smallest absolute Gasteiger partial charge is 0.278 e. The van der Waals surface area contributed by atoms with Crippen LogP contribution in [0.5, 0.6) is 0 Å². The minimum Gasteiger partial charge on any atom is -0.382 e. The number of amides is 1. The molecule has 1 aliphatic heterocycles. The lowest BCUT2D eigenvalue weighted by atomic mass is 10.1. The fourth-order valence-electron chi connectivity index (χ4n) is 3.80. The van der Waals surface area contributed by atoms with E-state index in [4.69, 9.17) is 5.73 Å². The van der Waals surface area contributed by atoms with Crippen LogP contribution in [0.4, 0.5) is 11.5 Å². The summed E-state index contributed by atoms with van der Waals surface area (Å²) in [6, 6.07) is 9.65. The van der Waals surface area contributed by atoms with Crippen LogP contribution in [-0.4, -0.2) is 85.4 Å².